The molecule has 0 aliphatic rings. The van der Waals surface area contributed by atoms with Crippen LogP contribution < -0.4 is 0 Å². The summed E-state index contributed by atoms with van der Waals surface area (Å²) < 4.78 is 7.00. The molecule has 0 spiro atoms. The Labute approximate surface area is 106 Å². The summed E-state index contributed by atoms with van der Waals surface area (Å²) in [6.07, 6.45) is 1.66. The standard InChI is InChI=1S/C11H6Cl2N2O2/c12-9-2-1-8(17-9)11-14-10(13)7-5-6(16)3-4-15(7)11/h1-5,16H. The third-order valence-corrected chi connectivity index (χ3v) is 2.86. The summed E-state index contributed by atoms with van der Waals surface area (Å²) in [6, 6.07) is 6.41. The van der Waals surface area contributed by atoms with Crippen LogP contribution in [0, 0.1) is 0 Å². The summed E-state index contributed by atoms with van der Waals surface area (Å²) in [5.41, 5.74) is 0.606. The number of hydrogen-bond acceptors (Lipinski definition) is 3. The minimum atomic E-state index is 0.128. The Kier molecular flexibility index (Phi) is 2.28. The molecular formula is C11H6Cl2N2O2. The summed E-state index contributed by atoms with van der Waals surface area (Å²) in [4.78, 5) is 4.18. The molecule has 6 heteroatoms. The number of fused-ring (bicyclic) bond motifs is 1. The molecule has 0 radical (unpaired) electrons. The second-order valence-electron chi connectivity index (χ2n) is 3.47. The van der Waals surface area contributed by atoms with Gasteiger partial charge in [0.05, 0.1) is 5.52 Å². The molecule has 17 heavy (non-hydrogen) atoms. The molecule has 3 heterocycles. The number of nitrogens with zero attached hydrogens (tertiary/aromatic N) is 2. The van der Waals surface area contributed by atoms with Gasteiger partial charge >= 0.3 is 0 Å². The average Bonchev–Trinajstić information content (AvgIpc) is 2.84. The second kappa shape index (κ2) is 3.68. The summed E-state index contributed by atoms with van der Waals surface area (Å²) in [6.45, 7) is 0. The largest absolute Gasteiger partial charge is 0.508 e. The summed E-state index contributed by atoms with van der Waals surface area (Å²) in [5.74, 6) is 1.18. The number of halogens is 2. The van der Waals surface area contributed by atoms with E-state index in [1.807, 2.05) is 0 Å². The molecule has 0 aliphatic heterocycles. The molecule has 3 aromatic rings. The van der Waals surface area contributed by atoms with Crippen molar-refractivity contribution in [2.75, 3.05) is 0 Å². The zero-order valence-corrected chi connectivity index (χ0v) is 9.90. The normalized spacial score (nSPS) is 11.2. The van der Waals surface area contributed by atoms with Crippen LogP contribution in [0.5, 0.6) is 5.75 Å². The molecule has 3 rings (SSSR count). The van der Waals surface area contributed by atoms with Gasteiger partial charge in [0.2, 0.25) is 0 Å². The number of rotatable bonds is 1. The van der Waals surface area contributed by atoms with Crippen molar-refractivity contribution in [2.24, 2.45) is 0 Å². The Morgan fingerprint density at radius 1 is 1.24 bits per heavy atom. The highest BCUT2D eigenvalue weighted by Gasteiger charge is 2.14. The van der Waals surface area contributed by atoms with E-state index >= 15 is 0 Å². The van der Waals surface area contributed by atoms with Crippen molar-refractivity contribution in [1.82, 2.24) is 9.38 Å². The fourth-order valence-electron chi connectivity index (χ4n) is 1.64. The number of aromatic hydroxyl groups is 1. The third kappa shape index (κ3) is 1.66. The van der Waals surface area contributed by atoms with Gasteiger partial charge in [-0.1, -0.05) is 11.6 Å². The van der Waals surface area contributed by atoms with Gasteiger partial charge in [-0.2, -0.15) is 0 Å². The summed E-state index contributed by atoms with van der Waals surface area (Å²) in [5, 5.41) is 9.97. The number of pyridine rings is 1. The maximum absolute atomic E-state index is 9.39. The lowest BCUT2D eigenvalue weighted by molar-refractivity contribution is 0.475. The Bertz CT molecular complexity index is 703. The maximum atomic E-state index is 9.39. The van der Waals surface area contributed by atoms with Gasteiger partial charge < -0.3 is 9.52 Å². The van der Waals surface area contributed by atoms with Crippen molar-refractivity contribution in [3.63, 3.8) is 0 Å². The number of aromatic nitrogens is 2. The van der Waals surface area contributed by atoms with E-state index in [2.05, 4.69) is 4.98 Å². The molecule has 0 atom stereocenters. The van der Waals surface area contributed by atoms with Gasteiger partial charge in [-0.05, 0) is 29.8 Å². The maximum Gasteiger partial charge on any atom is 0.194 e. The Hall–Kier alpha value is -1.65. The fraction of sp³-hybridized carbons (Fsp3) is 0. The Morgan fingerprint density at radius 2 is 2.06 bits per heavy atom. The van der Waals surface area contributed by atoms with Crippen LogP contribution in [0.1, 0.15) is 0 Å². The van der Waals surface area contributed by atoms with Crippen LogP contribution in [0.2, 0.25) is 10.4 Å². The van der Waals surface area contributed by atoms with Crippen LogP contribution in [0.4, 0.5) is 0 Å². The monoisotopic (exact) mass is 268 g/mol. The van der Waals surface area contributed by atoms with Crippen LogP contribution in [0.15, 0.2) is 34.9 Å². The van der Waals surface area contributed by atoms with Gasteiger partial charge in [0.1, 0.15) is 5.75 Å². The highest BCUT2D eigenvalue weighted by Crippen LogP contribution is 2.29. The Morgan fingerprint density at radius 3 is 2.76 bits per heavy atom. The van der Waals surface area contributed by atoms with E-state index in [0.717, 1.165) is 0 Å². The lowest BCUT2D eigenvalue weighted by Gasteiger charge is -1.98. The summed E-state index contributed by atoms with van der Waals surface area (Å²) >= 11 is 11.7. The fourth-order valence-corrected chi connectivity index (χ4v) is 2.02. The van der Waals surface area contributed by atoms with Gasteiger partial charge in [-0.15, -0.1) is 0 Å². The van der Waals surface area contributed by atoms with Crippen molar-refractivity contribution in [3.8, 4) is 17.3 Å². The van der Waals surface area contributed by atoms with E-state index in [1.165, 1.54) is 6.07 Å². The van der Waals surface area contributed by atoms with Crippen LogP contribution in [-0.2, 0) is 0 Å². The SMILES string of the molecule is Oc1ccn2c(-c3ccc(Cl)o3)nc(Cl)c2c1. The molecule has 0 saturated carbocycles. The number of furan rings is 1. The van der Waals surface area contributed by atoms with Crippen molar-refractivity contribution in [1.29, 1.82) is 0 Å². The molecule has 4 nitrogen and oxygen atoms in total. The van der Waals surface area contributed by atoms with Gasteiger partial charge in [-0.3, -0.25) is 4.40 Å². The first-order valence-corrected chi connectivity index (χ1v) is 5.53. The lowest BCUT2D eigenvalue weighted by Crippen LogP contribution is -1.86. The van der Waals surface area contributed by atoms with E-state index in [-0.39, 0.29) is 11.0 Å². The lowest BCUT2D eigenvalue weighted by atomic mass is 10.4. The Balaban J connectivity index is 2.31. The van der Waals surface area contributed by atoms with Gasteiger partial charge in [-0.25, -0.2) is 4.98 Å². The molecule has 0 amide bonds. The van der Waals surface area contributed by atoms with E-state index < -0.39 is 0 Å². The minimum absolute atomic E-state index is 0.128. The molecule has 0 fully saturated rings. The molecule has 86 valence electrons. The molecule has 0 aliphatic carbocycles. The van der Waals surface area contributed by atoms with Crippen molar-refractivity contribution in [3.05, 3.63) is 40.8 Å². The third-order valence-electron chi connectivity index (χ3n) is 2.38. The molecule has 0 bridgehead atoms. The minimum Gasteiger partial charge on any atom is -0.508 e. The number of hydrogen-bond donors (Lipinski definition) is 1. The molecule has 0 saturated heterocycles. The topological polar surface area (TPSA) is 50.7 Å². The van der Waals surface area contributed by atoms with Crippen molar-refractivity contribution in [2.45, 2.75) is 0 Å². The highest BCUT2D eigenvalue weighted by molar-refractivity contribution is 6.33. The van der Waals surface area contributed by atoms with Crippen LogP contribution in [-0.4, -0.2) is 14.5 Å². The van der Waals surface area contributed by atoms with Gasteiger partial charge in [0, 0.05) is 12.3 Å². The van der Waals surface area contributed by atoms with Crippen LogP contribution >= 0.6 is 23.2 Å². The van der Waals surface area contributed by atoms with E-state index in [1.54, 1.807) is 28.8 Å². The molecule has 1 N–H and O–H groups in total. The molecular weight excluding hydrogens is 263 g/mol. The van der Waals surface area contributed by atoms with Gasteiger partial charge in [0.15, 0.2) is 22.0 Å². The average molecular weight is 269 g/mol. The highest BCUT2D eigenvalue weighted by atomic mass is 35.5. The molecule has 3 aromatic heterocycles. The van der Waals surface area contributed by atoms with Crippen molar-refractivity contribution < 1.29 is 9.52 Å². The van der Waals surface area contributed by atoms with Gasteiger partial charge in [0.25, 0.3) is 0 Å². The first-order chi connectivity index (χ1) is 8.15. The number of imidazole rings is 1. The quantitative estimate of drug-likeness (QED) is 0.734. The zero-order chi connectivity index (χ0) is 12.0. The molecule has 0 unspecified atom stereocenters. The first-order valence-electron chi connectivity index (χ1n) is 4.77. The zero-order valence-electron chi connectivity index (χ0n) is 8.39. The first kappa shape index (κ1) is 10.5. The summed E-state index contributed by atoms with van der Waals surface area (Å²) in [7, 11) is 0. The van der Waals surface area contributed by atoms with Crippen molar-refractivity contribution >= 4 is 28.7 Å². The predicted octanol–water partition coefficient (Wildman–Crippen LogP) is 3.61. The van der Waals surface area contributed by atoms with Crippen LogP contribution in [0.3, 0.4) is 0 Å². The predicted molar refractivity (Wildman–Crippen MR) is 64.6 cm³/mol. The molecule has 0 aromatic carbocycles. The van der Waals surface area contributed by atoms with Crippen LogP contribution in [0.25, 0.3) is 17.1 Å². The van der Waals surface area contributed by atoms with E-state index in [9.17, 15) is 5.11 Å². The smallest absolute Gasteiger partial charge is 0.194 e. The van der Waals surface area contributed by atoms with E-state index in [0.29, 0.717) is 22.3 Å². The van der Waals surface area contributed by atoms with E-state index in [4.69, 9.17) is 27.6 Å². The second-order valence-corrected chi connectivity index (χ2v) is 4.20.